The van der Waals surface area contributed by atoms with Crippen LogP contribution < -0.4 is 0 Å². The highest BCUT2D eigenvalue weighted by molar-refractivity contribution is 7.67. The van der Waals surface area contributed by atoms with Crippen molar-refractivity contribution in [1.29, 1.82) is 0 Å². The Hall–Kier alpha value is -0.130. The van der Waals surface area contributed by atoms with Crippen LogP contribution in [-0.4, -0.2) is 15.0 Å². The molecule has 0 saturated carbocycles. The zero-order valence-corrected chi connectivity index (χ0v) is 4.68. The van der Waals surface area contributed by atoms with Gasteiger partial charge >= 0.3 is 0 Å². The molecule has 0 fully saturated rings. The lowest BCUT2D eigenvalue weighted by atomic mass is 10.9. The monoisotopic (exact) mass is 126 g/mol. The molecule has 0 aromatic heterocycles. The average Bonchev–Trinajstić information content (AvgIpc) is 1.61. The molecule has 0 aliphatic rings. The minimum atomic E-state index is -2.83. The molecule has 0 aliphatic heterocycles. The number of thiol groups is 1. The summed E-state index contributed by atoms with van der Waals surface area (Å²) < 4.78 is 22.5. The molecule has 5 heteroatoms. The maximum absolute atomic E-state index is 9.45. The van der Waals surface area contributed by atoms with E-state index in [0.717, 1.165) is 0 Å². The second-order valence-corrected chi connectivity index (χ2v) is 1.30. The molecule has 0 bridgehead atoms. The Morgan fingerprint density at radius 1 is 1.57 bits per heavy atom. The molecule has 0 radical (unpaired) electrons. The van der Waals surface area contributed by atoms with Gasteiger partial charge in [-0.05, 0) is 6.92 Å². The molecule has 44 valence electrons. The Bertz CT molecular complexity index is 87.9. The van der Waals surface area contributed by atoms with Crippen LogP contribution in [0.25, 0.3) is 0 Å². The predicted molar refractivity (Wildman–Crippen MR) is 23.0 cm³/mol. The first-order valence-electron chi connectivity index (χ1n) is 1.71. The molecule has 0 rings (SSSR count). The molecular weight excluding hydrogens is 120 g/mol. The van der Waals surface area contributed by atoms with Crippen molar-refractivity contribution >= 4 is 11.0 Å². The summed E-state index contributed by atoms with van der Waals surface area (Å²) in [6, 6.07) is 0. The summed E-state index contributed by atoms with van der Waals surface area (Å²) in [4.78, 5) is 4.00. The minimum absolute atomic E-state index is 0.239. The fourth-order valence-electron chi connectivity index (χ4n) is 0.0957. The van der Waals surface area contributed by atoms with Crippen LogP contribution in [0.2, 0.25) is 0 Å². The molecule has 0 saturated heterocycles. The highest BCUT2D eigenvalue weighted by atomic mass is 32.2. The third-order valence-electron chi connectivity index (χ3n) is 0.231. The van der Waals surface area contributed by atoms with Gasteiger partial charge in [-0.2, -0.15) is 0 Å². The van der Waals surface area contributed by atoms with Crippen LogP contribution in [-0.2, 0) is 20.2 Å². The van der Waals surface area contributed by atoms with E-state index < -0.39 is 11.0 Å². The summed E-state index contributed by atoms with van der Waals surface area (Å²) in [5.41, 5.74) is 0. The van der Waals surface area contributed by atoms with Crippen molar-refractivity contribution in [1.82, 2.24) is 0 Å². The quantitative estimate of drug-likeness (QED) is 0.314. The third kappa shape index (κ3) is 5.87. The smallest absolute Gasteiger partial charge is 0.220 e. The van der Waals surface area contributed by atoms with Gasteiger partial charge in [-0.15, -0.1) is 4.33 Å². The van der Waals surface area contributed by atoms with E-state index in [1.165, 1.54) is 0 Å². The summed E-state index contributed by atoms with van der Waals surface area (Å²) in [6.07, 6.45) is 0. The van der Waals surface area contributed by atoms with E-state index in [4.69, 9.17) is 0 Å². The zero-order valence-electron chi connectivity index (χ0n) is 3.79. The Kier molecular flexibility index (Phi) is 3.97. The van der Waals surface area contributed by atoms with Crippen LogP contribution >= 0.6 is 0 Å². The first-order chi connectivity index (χ1) is 3.27. The Labute approximate surface area is 43.1 Å². The molecule has 0 aliphatic carbocycles. The van der Waals surface area contributed by atoms with E-state index in [9.17, 15) is 8.42 Å². The van der Waals surface area contributed by atoms with Crippen molar-refractivity contribution in [2.24, 2.45) is 0 Å². The van der Waals surface area contributed by atoms with E-state index in [0.29, 0.717) is 0 Å². The van der Waals surface area contributed by atoms with Crippen molar-refractivity contribution in [3.05, 3.63) is 0 Å². The topological polar surface area (TPSA) is 52.6 Å². The van der Waals surface area contributed by atoms with Crippen molar-refractivity contribution in [2.45, 2.75) is 6.92 Å². The summed E-state index contributed by atoms with van der Waals surface area (Å²) >= 11 is 0. The number of hydrogen-bond donors (Lipinski definition) is 1. The van der Waals surface area contributed by atoms with Gasteiger partial charge in [0.1, 0.15) is 0 Å². The summed E-state index contributed by atoms with van der Waals surface area (Å²) in [6.45, 7) is 1.86. The summed E-state index contributed by atoms with van der Waals surface area (Å²) in [5.74, 6) is 0. The molecule has 0 atom stereocenters. The lowest BCUT2D eigenvalue weighted by molar-refractivity contribution is -0.192. The molecule has 0 amide bonds. The first-order valence-corrected chi connectivity index (χ1v) is 2.81. The molecule has 0 aromatic carbocycles. The first kappa shape index (κ1) is 6.87. The van der Waals surface area contributed by atoms with Gasteiger partial charge in [0.25, 0.3) is 11.0 Å². The fraction of sp³-hybridized carbons (Fsp3) is 1.00. The highest BCUT2D eigenvalue weighted by Gasteiger charge is 1.78. The maximum Gasteiger partial charge on any atom is 0.283 e. The minimum Gasteiger partial charge on any atom is -0.220 e. The van der Waals surface area contributed by atoms with Gasteiger partial charge in [-0.1, -0.05) is 0 Å². The van der Waals surface area contributed by atoms with E-state index in [2.05, 4.69) is 9.22 Å². The third-order valence-corrected chi connectivity index (χ3v) is 0.459. The molecule has 0 N–H and O–H groups in total. The lowest BCUT2D eigenvalue weighted by Crippen LogP contribution is -1.89. The second-order valence-electron chi connectivity index (χ2n) is 0.705. The zero-order chi connectivity index (χ0) is 5.70. The van der Waals surface area contributed by atoms with Crippen molar-refractivity contribution in [2.75, 3.05) is 6.61 Å². The van der Waals surface area contributed by atoms with Crippen molar-refractivity contribution in [3.8, 4) is 0 Å². The molecule has 0 spiro atoms. The normalized spacial score (nSPS) is 10.0. The van der Waals surface area contributed by atoms with Gasteiger partial charge in [-0.3, -0.25) is 0 Å². The SMILES string of the molecule is CCOO[SH](=O)=O. The van der Waals surface area contributed by atoms with Crippen LogP contribution in [0.15, 0.2) is 0 Å². The average molecular weight is 126 g/mol. The lowest BCUT2D eigenvalue weighted by Gasteiger charge is -1.85. The van der Waals surface area contributed by atoms with Crippen LogP contribution in [0.5, 0.6) is 0 Å². The van der Waals surface area contributed by atoms with E-state index in [1.54, 1.807) is 6.92 Å². The highest BCUT2D eigenvalue weighted by Crippen LogP contribution is 1.73. The van der Waals surface area contributed by atoms with Gasteiger partial charge in [-0.25, -0.2) is 13.3 Å². The van der Waals surface area contributed by atoms with Crippen LogP contribution in [0.1, 0.15) is 6.92 Å². The van der Waals surface area contributed by atoms with E-state index >= 15 is 0 Å². The molecule has 0 unspecified atom stereocenters. The largest absolute Gasteiger partial charge is 0.283 e. The van der Waals surface area contributed by atoms with Crippen molar-refractivity contribution < 1.29 is 17.6 Å². The van der Waals surface area contributed by atoms with Crippen molar-refractivity contribution in [3.63, 3.8) is 0 Å². The van der Waals surface area contributed by atoms with Crippen LogP contribution in [0.3, 0.4) is 0 Å². The maximum atomic E-state index is 9.45. The predicted octanol–water partition coefficient (Wildman–Crippen LogP) is -0.519. The van der Waals surface area contributed by atoms with Gasteiger partial charge in [0.05, 0.1) is 6.61 Å². The molecule has 7 heavy (non-hydrogen) atoms. The molecular formula is C2H6O4S. The van der Waals surface area contributed by atoms with Gasteiger partial charge < -0.3 is 0 Å². The van der Waals surface area contributed by atoms with E-state index in [-0.39, 0.29) is 6.61 Å². The van der Waals surface area contributed by atoms with Crippen LogP contribution in [0, 0.1) is 0 Å². The van der Waals surface area contributed by atoms with E-state index in [1.807, 2.05) is 0 Å². The van der Waals surface area contributed by atoms with Gasteiger partial charge in [0.15, 0.2) is 0 Å². The molecule has 0 heterocycles. The Balaban J connectivity index is 2.98. The van der Waals surface area contributed by atoms with Gasteiger partial charge in [0, 0.05) is 0 Å². The standard InChI is InChI=1S/C2H6O4S/c1-2-5-6-7(3)4/h7H,2H2,1H3. The van der Waals surface area contributed by atoms with Gasteiger partial charge in [0.2, 0.25) is 0 Å². The Morgan fingerprint density at radius 2 is 2.14 bits per heavy atom. The second kappa shape index (κ2) is 4.04. The Morgan fingerprint density at radius 3 is 2.29 bits per heavy atom. The molecule has 4 nitrogen and oxygen atoms in total. The number of rotatable bonds is 3. The fourth-order valence-corrected chi connectivity index (χ4v) is 0.287. The molecule has 0 aromatic rings. The van der Waals surface area contributed by atoms with Crippen LogP contribution in [0.4, 0.5) is 0 Å². The summed E-state index contributed by atoms with van der Waals surface area (Å²) in [5, 5.41) is 0. The summed E-state index contributed by atoms with van der Waals surface area (Å²) in [7, 11) is -2.83. The number of hydrogen-bond acceptors (Lipinski definition) is 4.